The third-order valence-corrected chi connectivity index (χ3v) is 2.77. The van der Waals surface area contributed by atoms with Gasteiger partial charge < -0.3 is 5.32 Å². The van der Waals surface area contributed by atoms with Crippen molar-refractivity contribution >= 4 is 17.3 Å². The Labute approximate surface area is 112 Å². The van der Waals surface area contributed by atoms with Crippen LogP contribution >= 0.6 is 11.6 Å². The largest absolute Gasteiger partial charge is 0.383 e. The molecular weight excluding hydrogens is 244 g/mol. The summed E-state index contributed by atoms with van der Waals surface area (Å²) in [5, 5.41) is 3.97. The van der Waals surface area contributed by atoms with E-state index in [-0.39, 0.29) is 0 Å². The summed E-state index contributed by atoms with van der Waals surface area (Å²) in [5.74, 6) is 0. The Morgan fingerprint density at radius 1 is 1.28 bits per heavy atom. The van der Waals surface area contributed by atoms with Gasteiger partial charge in [0.2, 0.25) is 0 Å². The van der Waals surface area contributed by atoms with Crippen molar-refractivity contribution in [1.29, 1.82) is 0 Å². The van der Waals surface area contributed by atoms with Crippen molar-refractivity contribution in [2.75, 3.05) is 11.9 Å². The van der Waals surface area contributed by atoms with Crippen LogP contribution in [0.1, 0.15) is 6.42 Å². The lowest BCUT2D eigenvalue weighted by molar-refractivity contribution is 1.07. The minimum Gasteiger partial charge on any atom is -0.383 e. The van der Waals surface area contributed by atoms with E-state index in [1.54, 1.807) is 6.20 Å². The molecule has 0 aliphatic carbocycles. The second-order valence-electron chi connectivity index (χ2n) is 3.92. The molecule has 0 bridgehead atoms. The Kier molecular flexibility index (Phi) is 4.37. The summed E-state index contributed by atoms with van der Waals surface area (Å²) in [5.41, 5.74) is 2.95. The highest BCUT2D eigenvalue weighted by molar-refractivity contribution is 6.30. The smallest absolute Gasteiger partial charge is 0.0934 e. The number of rotatable bonds is 5. The second kappa shape index (κ2) is 6.22. The van der Waals surface area contributed by atoms with Gasteiger partial charge in [-0.3, -0.25) is 4.98 Å². The van der Waals surface area contributed by atoms with E-state index in [0.717, 1.165) is 29.9 Å². The first-order chi connectivity index (χ1) is 8.81. The highest BCUT2D eigenvalue weighted by Crippen LogP contribution is 2.27. The van der Waals surface area contributed by atoms with Crippen LogP contribution in [0.15, 0.2) is 55.3 Å². The van der Waals surface area contributed by atoms with Crippen LogP contribution in [0, 0.1) is 0 Å². The highest BCUT2D eigenvalue weighted by atomic mass is 35.5. The highest BCUT2D eigenvalue weighted by Gasteiger charge is 2.06. The van der Waals surface area contributed by atoms with Gasteiger partial charge in [0.1, 0.15) is 0 Å². The van der Waals surface area contributed by atoms with Gasteiger partial charge in [0.25, 0.3) is 0 Å². The van der Waals surface area contributed by atoms with Gasteiger partial charge in [-0.25, -0.2) is 0 Å². The van der Waals surface area contributed by atoms with Gasteiger partial charge >= 0.3 is 0 Å². The van der Waals surface area contributed by atoms with Gasteiger partial charge in [0.05, 0.1) is 16.4 Å². The number of nitrogens with zero attached hydrogens (tertiary/aromatic N) is 1. The molecule has 0 amide bonds. The lowest BCUT2D eigenvalue weighted by atomic mass is 10.1. The second-order valence-corrected chi connectivity index (χ2v) is 4.36. The normalized spacial score (nSPS) is 10.1. The number of hydrogen-bond donors (Lipinski definition) is 1. The fourth-order valence-electron chi connectivity index (χ4n) is 1.71. The van der Waals surface area contributed by atoms with E-state index >= 15 is 0 Å². The number of pyridine rings is 1. The first-order valence-corrected chi connectivity index (χ1v) is 6.25. The SMILES string of the molecule is C=CCCNc1cc(Cl)cnc1-c1ccccc1. The quantitative estimate of drug-likeness (QED) is 0.636. The summed E-state index contributed by atoms with van der Waals surface area (Å²) in [6.07, 6.45) is 4.45. The molecule has 0 atom stereocenters. The maximum absolute atomic E-state index is 5.99. The lowest BCUT2D eigenvalue weighted by Crippen LogP contribution is -2.02. The van der Waals surface area contributed by atoms with Crippen LogP contribution in [0.25, 0.3) is 11.3 Å². The lowest BCUT2D eigenvalue weighted by Gasteiger charge is -2.11. The van der Waals surface area contributed by atoms with Crippen LogP contribution in [-0.4, -0.2) is 11.5 Å². The first-order valence-electron chi connectivity index (χ1n) is 5.87. The number of aromatic nitrogens is 1. The van der Waals surface area contributed by atoms with Crippen molar-refractivity contribution in [1.82, 2.24) is 4.98 Å². The van der Waals surface area contributed by atoms with Gasteiger partial charge in [-0.05, 0) is 12.5 Å². The molecule has 0 fully saturated rings. The molecule has 92 valence electrons. The van der Waals surface area contributed by atoms with Gasteiger partial charge in [0, 0.05) is 18.3 Å². The molecule has 1 N–H and O–H groups in total. The molecule has 2 aromatic rings. The number of halogens is 1. The summed E-state index contributed by atoms with van der Waals surface area (Å²) < 4.78 is 0. The predicted octanol–water partition coefficient (Wildman–Crippen LogP) is 4.39. The van der Waals surface area contributed by atoms with E-state index in [0.29, 0.717) is 5.02 Å². The van der Waals surface area contributed by atoms with Crippen LogP contribution in [0.5, 0.6) is 0 Å². The fourth-order valence-corrected chi connectivity index (χ4v) is 1.87. The Hall–Kier alpha value is -1.80. The Balaban J connectivity index is 2.31. The van der Waals surface area contributed by atoms with Crippen LogP contribution < -0.4 is 5.32 Å². The summed E-state index contributed by atoms with van der Waals surface area (Å²) in [6.45, 7) is 4.53. The molecule has 0 radical (unpaired) electrons. The van der Waals surface area contributed by atoms with Crippen molar-refractivity contribution in [3.8, 4) is 11.3 Å². The fraction of sp³-hybridized carbons (Fsp3) is 0.133. The van der Waals surface area contributed by atoms with E-state index in [4.69, 9.17) is 11.6 Å². The molecule has 1 heterocycles. The molecular formula is C15H15ClN2. The Bertz CT molecular complexity index is 523. The summed E-state index contributed by atoms with van der Waals surface area (Å²) in [6, 6.07) is 12.0. The zero-order valence-corrected chi connectivity index (χ0v) is 10.8. The van der Waals surface area contributed by atoms with Gasteiger partial charge in [-0.1, -0.05) is 48.0 Å². The molecule has 0 unspecified atom stereocenters. The summed E-state index contributed by atoms with van der Waals surface area (Å²) in [4.78, 5) is 4.41. The Morgan fingerprint density at radius 3 is 2.78 bits per heavy atom. The molecule has 0 saturated heterocycles. The van der Waals surface area contributed by atoms with Crippen molar-refractivity contribution in [2.45, 2.75) is 6.42 Å². The standard InChI is InChI=1S/C15H15ClN2/c1-2-3-9-17-14-10-13(16)11-18-15(14)12-7-5-4-6-8-12/h2,4-8,10-11,17H,1,3,9H2. The molecule has 18 heavy (non-hydrogen) atoms. The van der Waals surface area contributed by atoms with E-state index in [2.05, 4.69) is 16.9 Å². The summed E-state index contributed by atoms with van der Waals surface area (Å²) >= 11 is 5.99. The van der Waals surface area contributed by atoms with Crippen molar-refractivity contribution in [2.24, 2.45) is 0 Å². The number of anilines is 1. The van der Waals surface area contributed by atoms with Crippen molar-refractivity contribution in [3.05, 3.63) is 60.3 Å². The van der Waals surface area contributed by atoms with E-state index in [9.17, 15) is 0 Å². The monoisotopic (exact) mass is 258 g/mol. The van der Waals surface area contributed by atoms with Crippen LogP contribution in [-0.2, 0) is 0 Å². The minimum absolute atomic E-state index is 0.635. The molecule has 0 aliphatic heterocycles. The van der Waals surface area contributed by atoms with Crippen LogP contribution in [0.2, 0.25) is 5.02 Å². The average Bonchev–Trinajstić information content (AvgIpc) is 2.40. The zero-order valence-electron chi connectivity index (χ0n) is 10.1. The third kappa shape index (κ3) is 3.11. The van der Waals surface area contributed by atoms with Crippen molar-refractivity contribution in [3.63, 3.8) is 0 Å². The van der Waals surface area contributed by atoms with Crippen molar-refractivity contribution < 1.29 is 0 Å². The molecule has 0 saturated carbocycles. The predicted molar refractivity (Wildman–Crippen MR) is 78.0 cm³/mol. The van der Waals surface area contributed by atoms with E-state index in [1.165, 1.54) is 0 Å². The maximum atomic E-state index is 5.99. The number of nitrogens with one attached hydrogen (secondary N) is 1. The van der Waals surface area contributed by atoms with Crippen LogP contribution in [0.4, 0.5) is 5.69 Å². The van der Waals surface area contributed by atoms with Gasteiger partial charge in [0.15, 0.2) is 0 Å². The van der Waals surface area contributed by atoms with Gasteiger partial charge in [-0.2, -0.15) is 0 Å². The molecule has 1 aromatic heterocycles. The molecule has 1 aromatic carbocycles. The third-order valence-electron chi connectivity index (χ3n) is 2.57. The zero-order chi connectivity index (χ0) is 12.8. The molecule has 2 rings (SSSR count). The average molecular weight is 259 g/mol. The first kappa shape index (κ1) is 12.7. The van der Waals surface area contributed by atoms with E-state index in [1.807, 2.05) is 42.5 Å². The van der Waals surface area contributed by atoms with Crippen LogP contribution in [0.3, 0.4) is 0 Å². The minimum atomic E-state index is 0.635. The van der Waals surface area contributed by atoms with E-state index < -0.39 is 0 Å². The number of benzene rings is 1. The summed E-state index contributed by atoms with van der Waals surface area (Å²) in [7, 11) is 0. The Morgan fingerprint density at radius 2 is 2.06 bits per heavy atom. The topological polar surface area (TPSA) is 24.9 Å². The molecule has 3 heteroatoms. The maximum Gasteiger partial charge on any atom is 0.0934 e. The van der Waals surface area contributed by atoms with Gasteiger partial charge in [-0.15, -0.1) is 6.58 Å². The number of hydrogen-bond acceptors (Lipinski definition) is 2. The molecule has 2 nitrogen and oxygen atoms in total. The molecule has 0 spiro atoms. The molecule has 0 aliphatic rings.